The van der Waals surface area contributed by atoms with E-state index in [1.165, 1.54) is 0 Å². The van der Waals surface area contributed by atoms with Crippen LogP contribution in [-0.4, -0.2) is 30.3 Å². The molecule has 98 valence electrons. The van der Waals surface area contributed by atoms with Crippen molar-refractivity contribution in [2.75, 3.05) is 6.54 Å². The number of nitrogens with one attached hydrogen (secondary N) is 2. The summed E-state index contributed by atoms with van der Waals surface area (Å²) >= 11 is 0. The molecule has 0 aromatic carbocycles. The lowest BCUT2D eigenvalue weighted by Gasteiger charge is -2.28. The van der Waals surface area contributed by atoms with E-state index in [1.54, 1.807) is 27.7 Å². The van der Waals surface area contributed by atoms with Gasteiger partial charge in [0.15, 0.2) is 0 Å². The van der Waals surface area contributed by atoms with Gasteiger partial charge in [-0.1, -0.05) is 27.7 Å². The molecule has 0 aliphatic carbocycles. The van der Waals surface area contributed by atoms with Gasteiger partial charge in [-0.05, 0) is 5.41 Å². The highest BCUT2D eigenvalue weighted by Gasteiger charge is 2.30. The van der Waals surface area contributed by atoms with Crippen molar-refractivity contribution in [3.05, 3.63) is 0 Å². The molecule has 0 heterocycles. The highest BCUT2D eigenvalue weighted by atomic mass is 16.2. The van der Waals surface area contributed by atoms with Gasteiger partial charge < -0.3 is 16.4 Å². The van der Waals surface area contributed by atoms with Crippen LogP contribution >= 0.6 is 0 Å². The molecule has 0 bridgehead atoms. The fraction of sp³-hybridized carbons (Fsp3) is 0.727. The van der Waals surface area contributed by atoms with Gasteiger partial charge in [-0.3, -0.25) is 14.4 Å². The number of primary amides is 1. The Morgan fingerprint density at radius 2 is 1.71 bits per heavy atom. The second-order valence-corrected chi connectivity index (χ2v) is 4.90. The number of amides is 3. The zero-order chi connectivity index (χ0) is 13.6. The summed E-state index contributed by atoms with van der Waals surface area (Å²) in [6.45, 7) is 6.94. The highest BCUT2D eigenvalue weighted by molar-refractivity contribution is 5.89. The molecule has 17 heavy (non-hydrogen) atoms. The molecule has 0 saturated heterocycles. The molecular formula is C11H21N3O3. The quantitative estimate of drug-likeness (QED) is 0.608. The zero-order valence-electron chi connectivity index (χ0n) is 10.8. The second-order valence-electron chi connectivity index (χ2n) is 4.90. The number of hydrogen-bond donors (Lipinski definition) is 3. The van der Waals surface area contributed by atoms with Gasteiger partial charge in [0.1, 0.15) is 6.04 Å². The van der Waals surface area contributed by atoms with Crippen molar-refractivity contribution in [3.8, 4) is 0 Å². The van der Waals surface area contributed by atoms with Gasteiger partial charge in [0.2, 0.25) is 17.7 Å². The Balaban J connectivity index is 4.34. The normalized spacial score (nSPS) is 12.7. The molecule has 0 aliphatic rings. The Morgan fingerprint density at radius 3 is 2.06 bits per heavy atom. The average Bonchev–Trinajstić information content (AvgIpc) is 2.20. The Kier molecular flexibility index (Phi) is 5.64. The molecule has 1 unspecified atom stereocenters. The molecule has 0 aliphatic heterocycles. The van der Waals surface area contributed by atoms with Gasteiger partial charge >= 0.3 is 0 Å². The van der Waals surface area contributed by atoms with E-state index < -0.39 is 23.3 Å². The third kappa shape index (κ3) is 5.89. The third-order valence-corrected chi connectivity index (χ3v) is 2.22. The summed E-state index contributed by atoms with van der Waals surface area (Å²) in [6.07, 6.45) is 0.311. The predicted molar refractivity (Wildman–Crippen MR) is 63.9 cm³/mol. The summed E-state index contributed by atoms with van der Waals surface area (Å²) in [5.41, 5.74) is 4.75. The van der Waals surface area contributed by atoms with E-state index in [0.717, 1.165) is 0 Å². The molecule has 0 radical (unpaired) electrons. The Bertz CT molecular complexity index is 308. The smallest absolute Gasteiger partial charge is 0.240 e. The van der Waals surface area contributed by atoms with Crippen LogP contribution in [0.3, 0.4) is 0 Å². The first-order valence-corrected chi connectivity index (χ1v) is 5.53. The molecule has 0 aromatic heterocycles. The van der Waals surface area contributed by atoms with Crippen molar-refractivity contribution in [1.29, 1.82) is 0 Å². The van der Waals surface area contributed by atoms with Crippen molar-refractivity contribution in [1.82, 2.24) is 10.6 Å². The van der Waals surface area contributed by atoms with Gasteiger partial charge in [0, 0.05) is 6.42 Å². The Morgan fingerprint density at radius 1 is 1.18 bits per heavy atom. The zero-order valence-corrected chi connectivity index (χ0v) is 10.8. The highest BCUT2D eigenvalue weighted by Crippen LogP contribution is 2.18. The van der Waals surface area contributed by atoms with Crippen LogP contribution in [0.4, 0.5) is 0 Å². The summed E-state index contributed by atoms with van der Waals surface area (Å²) in [5, 5.41) is 4.93. The van der Waals surface area contributed by atoms with Crippen molar-refractivity contribution >= 4 is 17.7 Å². The minimum absolute atomic E-state index is 0.146. The van der Waals surface area contributed by atoms with E-state index in [0.29, 0.717) is 6.42 Å². The molecular weight excluding hydrogens is 222 g/mol. The summed E-state index contributed by atoms with van der Waals surface area (Å²) in [6, 6.07) is -0.756. The lowest BCUT2D eigenvalue weighted by atomic mass is 9.86. The van der Waals surface area contributed by atoms with E-state index in [9.17, 15) is 14.4 Å². The minimum atomic E-state index is -0.756. The first-order chi connectivity index (χ1) is 7.68. The van der Waals surface area contributed by atoms with Gasteiger partial charge in [-0.15, -0.1) is 0 Å². The van der Waals surface area contributed by atoms with Crippen molar-refractivity contribution < 1.29 is 14.4 Å². The van der Waals surface area contributed by atoms with Gasteiger partial charge in [-0.25, -0.2) is 0 Å². The molecule has 6 heteroatoms. The molecule has 0 saturated carbocycles. The van der Waals surface area contributed by atoms with Crippen LogP contribution in [0.25, 0.3) is 0 Å². The topological polar surface area (TPSA) is 101 Å². The molecule has 0 rings (SSSR count). The molecule has 6 nitrogen and oxygen atoms in total. The van der Waals surface area contributed by atoms with Crippen LogP contribution in [0.2, 0.25) is 0 Å². The monoisotopic (exact) mass is 243 g/mol. The van der Waals surface area contributed by atoms with E-state index in [2.05, 4.69) is 10.6 Å². The van der Waals surface area contributed by atoms with Crippen LogP contribution in [0.5, 0.6) is 0 Å². The molecule has 0 aromatic rings. The minimum Gasteiger partial charge on any atom is -0.368 e. The fourth-order valence-corrected chi connectivity index (χ4v) is 1.23. The van der Waals surface area contributed by atoms with Gasteiger partial charge in [0.25, 0.3) is 0 Å². The SMILES string of the molecule is CCC(=O)NCC(=O)NC(C(N)=O)C(C)(C)C. The maximum atomic E-state index is 11.5. The van der Waals surface area contributed by atoms with E-state index in [-0.39, 0.29) is 12.5 Å². The van der Waals surface area contributed by atoms with Crippen LogP contribution in [0.1, 0.15) is 34.1 Å². The van der Waals surface area contributed by atoms with E-state index >= 15 is 0 Å². The molecule has 3 amide bonds. The third-order valence-electron chi connectivity index (χ3n) is 2.22. The lowest BCUT2D eigenvalue weighted by molar-refractivity contribution is -0.130. The van der Waals surface area contributed by atoms with E-state index in [4.69, 9.17) is 5.73 Å². The van der Waals surface area contributed by atoms with E-state index in [1.807, 2.05) is 0 Å². The number of hydrogen-bond acceptors (Lipinski definition) is 3. The first kappa shape index (κ1) is 15.4. The second kappa shape index (κ2) is 6.22. The lowest BCUT2D eigenvalue weighted by Crippen LogP contribution is -2.54. The maximum Gasteiger partial charge on any atom is 0.240 e. The Labute approximate surface area is 101 Å². The van der Waals surface area contributed by atoms with Crippen LogP contribution in [0.15, 0.2) is 0 Å². The predicted octanol–water partition coefficient (Wildman–Crippen LogP) is -0.471. The van der Waals surface area contributed by atoms with Crippen LogP contribution < -0.4 is 16.4 Å². The van der Waals surface area contributed by atoms with Crippen LogP contribution in [-0.2, 0) is 14.4 Å². The largest absolute Gasteiger partial charge is 0.368 e. The number of carbonyl (C=O) groups excluding carboxylic acids is 3. The fourth-order valence-electron chi connectivity index (χ4n) is 1.23. The summed E-state index contributed by atoms with van der Waals surface area (Å²) in [5.74, 6) is -1.23. The standard InChI is InChI=1S/C11H21N3O3/c1-5-7(15)13-6-8(16)14-9(10(12)17)11(2,3)4/h9H,5-6H2,1-4H3,(H2,12,17)(H,13,15)(H,14,16). The number of carbonyl (C=O) groups is 3. The maximum absolute atomic E-state index is 11.5. The summed E-state index contributed by atoms with van der Waals surface area (Å²) < 4.78 is 0. The average molecular weight is 243 g/mol. The van der Waals surface area contributed by atoms with Gasteiger partial charge in [-0.2, -0.15) is 0 Å². The van der Waals surface area contributed by atoms with Crippen molar-refractivity contribution in [3.63, 3.8) is 0 Å². The molecule has 4 N–H and O–H groups in total. The Hall–Kier alpha value is -1.59. The van der Waals surface area contributed by atoms with Crippen molar-refractivity contribution in [2.24, 2.45) is 11.1 Å². The molecule has 0 spiro atoms. The van der Waals surface area contributed by atoms with Gasteiger partial charge in [0.05, 0.1) is 6.54 Å². The van der Waals surface area contributed by atoms with Crippen molar-refractivity contribution in [2.45, 2.75) is 40.2 Å². The molecule has 1 atom stereocenters. The number of nitrogens with two attached hydrogens (primary N) is 1. The number of rotatable bonds is 5. The molecule has 0 fully saturated rings. The van der Waals surface area contributed by atoms with Crippen LogP contribution in [0, 0.1) is 5.41 Å². The summed E-state index contributed by atoms with van der Waals surface area (Å²) in [7, 11) is 0. The first-order valence-electron chi connectivity index (χ1n) is 5.53. The summed E-state index contributed by atoms with van der Waals surface area (Å²) in [4.78, 5) is 33.6.